The summed E-state index contributed by atoms with van der Waals surface area (Å²) in [6, 6.07) is 25.6. The fourth-order valence-electron chi connectivity index (χ4n) is 5.68. The molecule has 0 unspecified atom stereocenters. The lowest BCUT2D eigenvalue weighted by atomic mass is 9.92. The topological polar surface area (TPSA) is 84.3 Å². The summed E-state index contributed by atoms with van der Waals surface area (Å²) in [5.41, 5.74) is 1.68. The van der Waals surface area contributed by atoms with Crippen molar-refractivity contribution < 1.29 is 26.4 Å². The third-order valence-electron chi connectivity index (χ3n) is 7.91. The van der Waals surface area contributed by atoms with Crippen LogP contribution in [0.1, 0.15) is 34.8 Å². The fraction of sp³-hybridized carbons (Fsp3) is 0.0541. The molecule has 11 heteroatoms. The minimum Gasteiger partial charge on any atom is -0.295 e. The van der Waals surface area contributed by atoms with E-state index in [1.165, 1.54) is 37.3 Å². The smallest absolute Gasteiger partial charge is 0.268 e. The highest BCUT2D eigenvalue weighted by molar-refractivity contribution is 7.90. The van der Waals surface area contributed by atoms with Crippen molar-refractivity contribution in [2.24, 2.45) is 0 Å². The van der Waals surface area contributed by atoms with Crippen LogP contribution in [0.15, 0.2) is 108 Å². The van der Waals surface area contributed by atoms with Gasteiger partial charge in [-0.05, 0) is 61.0 Å². The number of ketones is 1. The second-order valence-electron chi connectivity index (χ2n) is 10.8. The van der Waals surface area contributed by atoms with Gasteiger partial charge < -0.3 is 0 Å². The molecule has 236 valence electrons. The van der Waals surface area contributed by atoms with Crippen molar-refractivity contribution in [3.63, 3.8) is 0 Å². The molecule has 5 aromatic carbocycles. The number of hydrogen-bond donors (Lipinski definition) is 0. The van der Waals surface area contributed by atoms with Gasteiger partial charge in [0.15, 0.2) is 11.5 Å². The van der Waals surface area contributed by atoms with E-state index in [1.807, 2.05) is 0 Å². The number of Topliss-reactive ketones (excluding diaryl/α,β-unsaturated/α-hetero) is 1. The van der Waals surface area contributed by atoms with Crippen LogP contribution in [0.5, 0.6) is 0 Å². The zero-order chi connectivity index (χ0) is 34.3. The van der Waals surface area contributed by atoms with Crippen LogP contribution < -0.4 is 0 Å². The quantitative estimate of drug-likeness (QED) is 0.124. The first kappa shape index (κ1) is 32.3. The number of benzene rings is 5. The van der Waals surface area contributed by atoms with Crippen molar-refractivity contribution in [2.45, 2.75) is 18.2 Å². The van der Waals surface area contributed by atoms with E-state index in [0.29, 0.717) is 22.3 Å². The van der Waals surface area contributed by atoms with Gasteiger partial charge in [0, 0.05) is 49.4 Å². The lowest BCUT2D eigenvalue weighted by Gasteiger charge is -2.16. The van der Waals surface area contributed by atoms with Crippen LogP contribution in [0.25, 0.3) is 49.3 Å². The normalized spacial score (nSPS) is 11.4. The molecule has 0 radical (unpaired) electrons. The number of hydrogen-bond acceptors (Lipinski definition) is 4. The summed E-state index contributed by atoms with van der Waals surface area (Å²) in [4.78, 5) is 15.2. The minimum atomic E-state index is -4.60. The Morgan fingerprint density at radius 3 is 2.27 bits per heavy atom. The number of nitrogens with zero attached hydrogens (tertiary/aromatic N) is 3. The van der Waals surface area contributed by atoms with E-state index in [0.717, 1.165) is 40.4 Å². The molecule has 1 aromatic heterocycles. The SMILES string of the molecule is [C-]#[N+]c1cccc(C#N)c1-c1c(-c2cccc(-c3ccc(C(C)=O)cc3Cl)c2)n(S(=O)(=O)c2ccc(C(F)F)cc2)c2ccc(F)cc12. The summed E-state index contributed by atoms with van der Waals surface area (Å²) in [5.74, 6) is -0.881. The molecule has 6 aromatic rings. The number of carbonyl (C=O) groups excluding carboxylic acids is 1. The van der Waals surface area contributed by atoms with E-state index in [2.05, 4.69) is 10.9 Å². The van der Waals surface area contributed by atoms with E-state index < -0.39 is 22.3 Å². The molecule has 0 bridgehead atoms. The third-order valence-corrected chi connectivity index (χ3v) is 9.95. The average molecular weight is 680 g/mol. The molecule has 0 amide bonds. The van der Waals surface area contributed by atoms with E-state index in [4.69, 9.17) is 18.2 Å². The van der Waals surface area contributed by atoms with Gasteiger partial charge >= 0.3 is 0 Å². The van der Waals surface area contributed by atoms with Gasteiger partial charge in [-0.3, -0.25) is 4.79 Å². The van der Waals surface area contributed by atoms with Gasteiger partial charge in [0.2, 0.25) is 0 Å². The summed E-state index contributed by atoms with van der Waals surface area (Å²) < 4.78 is 71.9. The number of carbonyl (C=O) groups is 1. The largest absolute Gasteiger partial charge is 0.295 e. The van der Waals surface area contributed by atoms with Crippen LogP contribution in [0.4, 0.5) is 18.9 Å². The highest BCUT2D eigenvalue weighted by Crippen LogP contribution is 2.48. The highest BCUT2D eigenvalue weighted by atomic mass is 35.5. The number of rotatable bonds is 7. The Kier molecular flexibility index (Phi) is 8.40. The molecule has 6 rings (SSSR count). The van der Waals surface area contributed by atoms with Crippen LogP contribution in [0, 0.1) is 23.7 Å². The zero-order valence-corrected chi connectivity index (χ0v) is 26.5. The van der Waals surface area contributed by atoms with Gasteiger partial charge in [-0.1, -0.05) is 66.2 Å². The van der Waals surface area contributed by atoms with E-state index in [-0.39, 0.29) is 60.2 Å². The third kappa shape index (κ3) is 5.51. The molecule has 0 atom stereocenters. The second-order valence-corrected chi connectivity index (χ2v) is 13.0. The van der Waals surface area contributed by atoms with Crippen molar-refractivity contribution in [3.05, 3.63) is 142 Å². The molecule has 6 nitrogen and oxygen atoms in total. The molecule has 48 heavy (non-hydrogen) atoms. The molecule has 0 aliphatic rings. The first-order chi connectivity index (χ1) is 23.0. The second kappa shape index (κ2) is 12.5. The van der Waals surface area contributed by atoms with Crippen molar-refractivity contribution in [3.8, 4) is 39.6 Å². The van der Waals surface area contributed by atoms with Gasteiger partial charge in [-0.2, -0.15) is 5.26 Å². The molecule has 0 saturated carbocycles. The molecule has 0 spiro atoms. The molecule has 0 fully saturated rings. The van der Waals surface area contributed by atoms with E-state index >= 15 is 4.39 Å². The van der Waals surface area contributed by atoms with Crippen LogP contribution in [-0.2, 0) is 10.0 Å². The molecular weight excluding hydrogens is 659 g/mol. The number of nitriles is 1. The van der Waals surface area contributed by atoms with Crippen molar-refractivity contribution in [1.82, 2.24) is 3.97 Å². The van der Waals surface area contributed by atoms with Crippen LogP contribution in [0.3, 0.4) is 0 Å². The zero-order valence-electron chi connectivity index (χ0n) is 24.9. The first-order valence-electron chi connectivity index (χ1n) is 14.3. The van der Waals surface area contributed by atoms with Gasteiger partial charge in [0.25, 0.3) is 16.4 Å². The lowest BCUT2D eigenvalue weighted by molar-refractivity contribution is 0.101. The van der Waals surface area contributed by atoms with E-state index in [9.17, 15) is 27.3 Å². The Labute approximate surface area is 278 Å². The van der Waals surface area contributed by atoms with E-state index in [1.54, 1.807) is 36.4 Å². The van der Waals surface area contributed by atoms with Gasteiger partial charge in [-0.25, -0.2) is 30.4 Å². The molecule has 0 aliphatic carbocycles. The molecule has 0 N–H and O–H groups in total. The number of alkyl halides is 2. The summed E-state index contributed by atoms with van der Waals surface area (Å²) in [6.07, 6.45) is -2.83. The number of fused-ring (bicyclic) bond motifs is 1. The maximum absolute atomic E-state index is 15.0. The maximum Gasteiger partial charge on any atom is 0.268 e. The minimum absolute atomic E-state index is 0.000496. The summed E-state index contributed by atoms with van der Waals surface area (Å²) in [5, 5.41) is 10.5. The van der Waals surface area contributed by atoms with Crippen molar-refractivity contribution in [1.29, 1.82) is 5.26 Å². The monoisotopic (exact) mass is 679 g/mol. The van der Waals surface area contributed by atoms with Crippen LogP contribution in [0.2, 0.25) is 5.02 Å². The molecule has 0 aliphatic heterocycles. The molecule has 1 heterocycles. The fourth-order valence-corrected chi connectivity index (χ4v) is 7.52. The Morgan fingerprint density at radius 2 is 1.62 bits per heavy atom. The van der Waals surface area contributed by atoms with Crippen molar-refractivity contribution >= 4 is 44.0 Å². The molecular formula is C37H21ClF3N3O3S. The Morgan fingerprint density at radius 1 is 0.917 bits per heavy atom. The first-order valence-corrected chi connectivity index (χ1v) is 16.1. The van der Waals surface area contributed by atoms with Crippen LogP contribution in [-0.4, -0.2) is 18.2 Å². The number of aromatic nitrogens is 1. The maximum atomic E-state index is 15.0. The Balaban J connectivity index is 1.76. The summed E-state index contributed by atoms with van der Waals surface area (Å²) >= 11 is 6.60. The van der Waals surface area contributed by atoms with Gasteiger partial charge in [0.05, 0.1) is 28.7 Å². The van der Waals surface area contributed by atoms with Gasteiger partial charge in [-0.15, -0.1) is 0 Å². The Bertz CT molecular complexity index is 2450. The Hall–Kier alpha value is -5.68. The summed E-state index contributed by atoms with van der Waals surface area (Å²) in [7, 11) is -4.60. The predicted molar refractivity (Wildman–Crippen MR) is 178 cm³/mol. The highest BCUT2D eigenvalue weighted by Gasteiger charge is 2.31. The average Bonchev–Trinajstić information content (AvgIpc) is 3.42. The molecule has 0 saturated heterocycles. The number of halogens is 4. The lowest BCUT2D eigenvalue weighted by Crippen LogP contribution is -2.14. The van der Waals surface area contributed by atoms with Crippen LogP contribution >= 0.6 is 11.6 Å². The predicted octanol–water partition coefficient (Wildman–Crippen LogP) is 10.2. The standard InChI is InChI=1S/C37H21ClF3N3O3S/c1-21(45)23-11-15-29(31(38)18-23)24-5-3-6-25(17-24)36-35(34-26(20-42)7-4-8-32(34)43-2)30-19-27(39)12-16-33(30)44(36)48(46,47)28-13-9-22(10-14-28)37(40)41/h3-19,37H,1H3. The van der Waals surface area contributed by atoms with Crippen molar-refractivity contribution in [2.75, 3.05) is 0 Å². The summed E-state index contributed by atoms with van der Waals surface area (Å²) in [6.45, 7) is 9.29. The van der Waals surface area contributed by atoms with Gasteiger partial charge in [0.1, 0.15) is 5.82 Å².